The summed E-state index contributed by atoms with van der Waals surface area (Å²) in [5.41, 5.74) is 0.102. The summed E-state index contributed by atoms with van der Waals surface area (Å²) in [4.78, 5) is 12.4. The summed E-state index contributed by atoms with van der Waals surface area (Å²) in [6, 6.07) is 7.52. The molecule has 3 aromatic rings. The number of methoxy groups -OCH3 is 1. The highest BCUT2D eigenvalue weighted by atomic mass is 32.1. The van der Waals surface area contributed by atoms with Crippen LogP contribution in [0.3, 0.4) is 0 Å². The van der Waals surface area contributed by atoms with Crippen LogP contribution in [-0.4, -0.2) is 23.2 Å². The molecule has 0 fully saturated rings. The van der Waals surface area contributed by atoms with Gasteiger partial charge in [-0.2, -0.15) is 5.26 Å². The van der Waals surface area contributed by atoms with Gasteiger partial charge in [0.15, 0.2) is 23.1 Å². The number of halogens is 3. The molecule has 170 valence electrons. The van der Waals surface area contributed by atoms with Crippen LogP contribution in [0.2, 0.25) is 0 Å². The lowest BCUT2D eigenvalue weighted by atomic mass is 10.1. The first-order chi connectivity index (χ1) is 15.8. The van der Waals surface area contributed by atoms with Gasteiger partial charge in [-0.1, -0.05) is 24.3 Å². The number of amides is 1. The lowest BCUT2D eigenvalue weighted by molar-refractivity contribution is -0.112. The molecule has 0 saturated carbocycles. The van der Waals surface area contributed by atoms with E-state index in [1.807, 2.05) is 13.0 Å². The molecule has 3 rings (SSSR count). The number of hydrogen-bond acceptors (Lipinski definition) is 7. The Bertz CT molecular complexity index is 1250. The number of aryl methyl sites for hydroxylation is 1. The summed E-state index contributed by atoms with van der Waals surface area (Å²) >= 11 is 1.21. The topological polar surface area (TPSA) is 97.1 Å². The Morgan fingerprint density at radius 1 is 1.15 bits per heavy atom. The van der Waals surface area contributed by atoms with Gasteiger partial charge in [-0.25, -0.2) is 13.2 Å². The first-order valence-electron chi connectivity index (χ1n) is 9.54. The number of carbonyl (C=O) groups is 1. The van der Waals surface area contributed by atoms with E-state index >= 15 is 0 Å². The van der Waals surface area contributed by atoms with Crippen molar-refractivity contribution >= 4 is 28.5 Å². The molecule has 33 heavy (non-hydrogen) atoms. The number of aromatic nitrogens is 2. The van der Waals surface area contributed by atoms with Crippen LogP contribution >= 0.6 is 11.3 Å². The minimum atomic E-state index is -1.29. The Morgan fingerprint density at radius 3 is 2.58 bits per heavy atom. The molecule has 0 aliphatic carbocycles. The van der Waals surface area contributed by atoms with E-state index in [0.29, 0.717) is 24.1 Å². The SMILES string of the molecule is CCc1nnc(NC(=O)/C(C#N)=C/c2ccc(OCc3cc(F)c(F)cc3F)c(OC)c2)s1. The number of carbonyl (C=O) groups excluding carboxylic acids is 1. The summed E-state index contributed by atoms with van der Waals surface area (Å²) in [5, 5.41) is 20.7. The standard InChI is InChI=1S/C22H17F3N4O3S/c1-3-20-28-29-22(33-20)27-21(30)13(10-26)6-12-4-5-18(19(7-12)31-2)32-11-14-8-16(24)17(25)9-15(14)23/h4-9H,3,11H2,1-2H3,(H,27,29,30)/b13-6+. The quantitative estimate of drug-likeness (QED) is 0.290. The van der Waals surface area contributed by atoms with E-state index in [1.165, 1.54) is 36.7 Å². The largest absolute Gasteiger partial charge is 0.493 e. The monoisotopic (exact) mass is 474 g/mol. The molecule has 7 nitrogen and oxygen atoms in total. The third kappa shape index (κ3) is 5.87. The molecule has 0 radical (unpaired) electrons. The van der Waals surface area contributed by atoms with E-state index in [-0.39, 0.29) is 34.4 Å². The molecule has 0 aliphatic heterocycles. The maximum absolute atomic E-state index is 13.8. The average molecular weight is 474 g/mol. The molecule has 11 heteroatoms. The zero-order valence-corrected chi connectivity index (χ0v) is 18.3. The normalized spacial score (nSPS) is 11.1. The molecule has 0 saturated heterocycles. The Labute approximate surface area is 191 Å². The Hall–Kier alpha value is -3.91. The van der Waals surface area contributed by atoms with Gasteiger partial charge in [0, 0.05) is 11.6 Å². The predicted molar refractivity (Wildman–Crippen MR) is 115 cm³/mol. The summed E-state index contributed by atoms with van der Waals surface area (Å²) in [7, 11) is 1.37. The lowest BCUT2D eigenvalue weighted by Gasteiger charge is -2.12. The highest BCUT2D eigenvalue weighted by Gasteiger charge is 2.15. The summed E-state index contributed by atoms with van der Waals surface area (Å²) in [6.07, 6.45) is 2.02. The van der Waals surface area contributed by atoms with Crippen LogP contribution < -0.4 is 14.8 Å². The summed E-state index contributed by atoms with van der Waals surface area (Å²) in [6.45, 7) is 1.53. The van der Waals surface area contributed by atoms with Crippen molar-refractivity contribution in [3.05, 3.63) is 69.5 Å². The molecule has 1 N–H and O–H groups in total. The predicted octanol–water partition coefficient (Wildman–Crippen LogP) is 4.65. The number of rotatable bonds is 8. The first kappa shape index (κ1) is 23.7. The fourth-order valence-electron chi connectivity index (χ4n) is 2.65. The van der Waals surface area contributed by atoms with Gasteiger partial charge in [0.2, 0.25) is 5.13 Å². The van der Waals surface area contributed by atoms with E-state index in [4.69, 9.17) is 9.47 Å². The first-order valence-corrected chi connectivity index (χ1v) is 10.4. The molecule has 1 heterocycles. The van der Waals surface area contributed by atoms with E-state index < -0.39 is 23.4 Å². The van der Waals surface area contributed by atoms with Gasteiger partial charge in [-0.3, -0.25) is 10.1 Å². The van der Waals surface area contributed by atoms with Gasteiger partial charge in [-0.05, 0) is 36.3 Å². The lowest BCUT2D eigenvalue weighted by Crippen LogP contribution is -2.13. The molecule has 0 aliphatic rings. The highest BCUT2D eigenvalue weighted by Crippen LogP contribution is 2.30. The zero-order chi connectivity index (χ0) is 24.0. The van der Waals surface area contributed by atoms with Crippen LogP contribution in [0.15, 0.2) is 35.9 Å². The highest BCUT2D eigenvalue weighted by molar-refractivity contribution is 7.15. The number of nitrogens with zero attached hydrogens (tertiary/aromatic N) is 3. The third-order valence-corrected chi connectivity index (χ3v) is 5.31. The molecule has 1 amide bonds. The molecule has 0 atom stereocenters. The molecule has 0 bridgehead atoms. The van der Waals surface area contributed by atoms with Crippen molar-refractivity contribution < 1.29 is 27.4 Å². The van der Waals surface area contributed by atoms with Crippen LogP contribution in [0.5, 0.6) is 11.5 Å². The molecular formula is C22H17F3N4O3S. The second-order valence-corrected chi connectivity index (χ2v) is 7.60. The minimum Gasteiger partial charge on any atom is -0.493 e. The van der Waals surface area contributed by atoms with Crippen molar-refractivity contribution in [2.24, 2.45) is 0 Å². The smallest absolute Gasteiger partial charge is 0.268 e. The van der Waals surface area contributed by atoms with Crippen LogP contribution in [0.4, 0.5) is 18.3 Å². The average Bonchev–Trinajstić information content (AvgIpc) is 3.26. The van der Waals surface area contributed by atoms with E-state index in [1.54, 1.807) is 6.07 Å². The van der Waals surface area contributed by atoms with Gasteiger partial charge in [0.1, 0.15) is 29.1 Å². The third-order valence-electron chi connectivity index (χ3n) is 4.33. The minimum absolute atomic E-state index is 0.175. The summed E-state index contributed by atoms with van der Waals surface area (Å²) < 4.78 is 51.0. The number of benzene rings is 2. The van der Waals surface area contributed by atoms with Crippen molar-refractivity contribution in [3.63, 3.8) is 0 Å². The molecule has 0 spiro atoms. The van der Waals surface area contributed by atoms with Crippen LogP contribution in [0.1, 0.15) is 23.1 Å². The summed E-state index contributed by atoms with van der Waals surface area (Å²) in [5.74, 6) is -3.66. The van der Waals surface area contributed by atoms with Gasteiger partial charge in [-0.15, -0.1) is 10.2 Å². The second kappa shape index (κ2) is 10.6. The van der Waals surface area contributed by atoms with Gasteiger partial charge in [0.05, 0.1) is 7.11 Å². The number of hydrogen-bond donors (Lipinski definition) is 1. The van der Waals surface area contributed by atoms with Crippen molar-refractivity contribution in [1.82, 2.24) is 10.2 Å². The van der Waals surface area contributed by atoms with Crippen molar-refractivity contribution in [3.8, 4) is 17.6 Å². The molecule has 2 aromatic carbocycles. The van der Waals surface area contributed by atoms with Crippen molar-refractivity contribution in [2.45, 2.75) is 20.0 Å². The Kier molecular flexibility index (Phi) is 7.63. The molecule has 0 unspecified atom stereocenters. The molecular weight excluding hydrogens is 457 g/mol. The van der Waals surface area contributed by atoms with Crippen LogP contribution in [-0.2, 0) is 17.8 Å². The van der Waals surface area contributed by atoms with Crippen LogP contribution in [0, 0.1) is 28.8 Å². The number of nitriles is 1. The number of nitrogens with one attached hydrogen (secondary N) is 1. The zero-order valence-electron chi connectivity index (χ0n) is 17.5. The van der Waals surface area contributed by atoms with E-state index in [9.17, 15) is 23.2 Å². The van der Waals surface area contributed by atoms with Crippen LogP contribution in [0.25, 0.3) is 6.08 Å². The number of ether oxygens (including phenoxy) is 2. The maximum atomic E-state index is 13.8. The maximum Gasteiger partial charge on any atom is 0.268 e. The fraction of sp³-hybridized carbons (Fsp3) is 0.182. The second-order valence-electron chi connectivity index (χ2n) is 6.54. The number of anilines is 1. The Morgan fingerprint density at radius 2 is 1.91 bits per heavy atom. The van der Waals surface area contributed by atoms with E-state index in [2.05, 4.69) is 15.5 Å². The van der Waals surface area contributed by atoms with Crippen molar-refractivity contribution in [2.75, 3.05) is 12.4 Å². The van der Waals surface area contributed by atoms with E-state index in [0.717, 1.165) is 5.01 Å². The van der Waals surface area contributed by atoms with Gasteiger partial charge < -0.3 is 9.47 Å². The molecule has 1 aromatic heterocycles. The fourth-order valence-corrected chi connectivity index (χ4v) is 3.32. The van der Waals surface area contributed by atoms with Crippen molar-refractivity contribution in [1.29, 1.82) is 5.26 Å². The Balaban J connectivity index is 1.76. The van der Waals surface area contributed by atoms with Gasteiger partial charge in [0.25, 0.3) is 5.91 Å². The van der Waals surface area contributed by atoms with Gasteiger partial charge >= 0.3 is 0 Å².